The number of benzene rings is 1. The van der Waals surface area contributed by atoms with E-state index >= 15 is 0 Å². The van der Waals surface area contributed by atoms with Crippen LogP contribution in [0, 0.1) is 0 Å². The van der Waals surface area contributed by atoms with Crippen molar-refractivity contribution in [2.45, 2.75) is 6.92 Å². The van der Waals surface area contributed by atoms with Crippen molar-refractivity contribution in [2.75, 3.05) is 0 Å². The van der Waals surface area contributed by atoms with E-state index in [1.165, 1.54) is 11.5 Å². The molecule has 1 N–H and O–H groups in total. The second-order valence-electron chi connectivity index (χ2n) is 3.46. The number of nitrogens with zero attached hydrogens (tertiary/aromatic N) is 1. The highest BCUT2D eigenvalue weighted by Crippen LogP contribution is 2.06. The zero-order chi connectivity index (χ0) is 11.5. The summed E-state index contributed by atoms with van der Waals surface area (Å²) in [5.74, 6) is -0.135. The van der Waals surface area contributed by atoms with Gasteiger partial charge < -0.3 is 0 Å². The lowest BCUT2D eigenvalue weighted by Crippen LogP contribution is -2.11. The Balaban J connectivity index is 2.29. The van der Waals surface area contributed by atoms with E-state index in [1.807, 2.05) is 0 Å². The average Bonchev–Trinajstić information content (AvgIpc) is 2.81. The van der Waals surface area contributed by atoms with E-state index in [-0.39, 0.29) is 11.7 Å². The maximum absolute atomic E-state index is 11.8. The number of carbonyl (C=O) groups is 2. The topological polar surface area (TPSA) is 53.2 Å². The Morgan fingerprint density at radius 1 is 1.12 bits per heavy atom. The molecule has 4 nitrogen and oxygen atoms in total. The van der Waals surface area contributed by atoms with Gasteiger partial charge in [0.25, 0.3) is 0 Å². The zero-order valence-corrected chi connectivity index (χ0v) is 8.81. The third kappa shape index (κ3) is 1.91. The molecule has 2 rings (SSSR count). The Morgan fingerprint density at radius 3 is 2.25 bits per heavy atom. The van der Waals surface area contributed by atoms with Gasteiger partial charge in [0.15, 0.2) is 5.78 Å². The van der Waals surface area contributed by atoms with Gasteiger partial charge in [-0.2, -0.15) is 4.57 Å². The number of hydrogen-bond donors (Lipinski definition) is 0. The molecule has 2 aromatic rings. The number of aromatic nitrogens is 2. The Bertz CT molecular complexity index is 512. The Kier molecular flexibility index (Phi) is 2.64. The van der Waals surface area contributed by atoms with Crippen LogP contribution in [-0.4, -0.2) is 16.3 Å². The fraction of sp³-hybridized carbons (Fsp3) is 0.0833. The first kappa shape index (κ1) is 10.3. The van der Waals surface area contributed by atoms with E-state index in [0.717, 1.165) is 0 Å². The molecule has 0 spiro atoms. The summed E-state index contributed by atoms with van der Waals surface area (Å²) >= 11 is 0. The highest BCUT2D eigenvalue weighted by atomic mass is 16.2. The van der Waals surface area contributed by atoms with Crippen LogP contribution < -0.4 is 4.98 Å². The van der Waals surface area contributed by atoms with E-state index < -0.39 is 0 Å². The number of ketones is 1. The summed E-state index contributed by atoms with van der Waals surface area (Å²) in [4.78, 5) is 25.7. The van der Waals surface area contributed by atoms with E-state index in [0.29, 0.717) is 11.1 Å². The number of rotatable bonds is 2. The molecule has 1 aromatic heterocycles. The van der Waals surface area contributed by atoms with E-state index in [2.05, 4.69) is 4.98 Å². The first-order valence-electron chi connectivity index (χ1n) is 4.88. The van der Waals surface area contributed by atoms with Gasteiger partial charge >= 0.3 is 5.91 Å². The molecule has 0 aliphatic carbocycles. The molecule has 0 unspecified atom stereocenters. The molecule has 0 saturated heterocycles. The molecule has 0 fully saturated rings. The second-order valence-corrected chi connectivity index (χ2v) is 3.46. The molecule has 16 heavy (non-hydrogen) atoms. The number of hydrogen-bond acceptors (Lipinski definition) is 2. The summed E-state index contributed by atoms with van der Waals surface area (Å²) in [6.07, 6.45) is 4.88. The van der Waals surface area contributed by atoms with Gasteiger partial charge in [-0.05, 0) is 19.1 Å². The highest BCUT2D eigenvalue weighted by molar-refractivity contribution is 5.98. The van der Waals surface area contributed by atoms with Crippen LogP contribution in [-0.2, 0) is 0 Å². The van der Waals surface area contributed by atoms with Crippen molar-refractivity contribution in [1.29, 1.82) is 0 Å². The minimum atomic E-state index is -0.128. The number of imidazole rings is 1. The Labute approximate surface area is 92.5 Å². The summed E-state index contributed by atoms with van der Waals surface area (Å²) in [5.41, 5.74) is 1.16. The number of Topliss-reactive ketones (excluding diaryl/α,β-unsaturated/α-hetero) is 1. The van der Waals surface area contributed by atoms with Crippen LogP contribution in [0.15, 0.2) is 43.0 Å². The largest absolute Gasteiger partial charge is 0.345 e. The SMILES string of the molecule is CC(=O)c1ccc(C(=O)n2cc[nH+]c2)cc1. The van der Waals surface area contributed by atoms with Crippen LogP contribution in [0.25, 0.3) is 0 Å². The van der Waals surface area contributed by atoms with Gasteiger partial charge in [-0.3, -0.25) is 4.79 Å². The molecular weight excluding hydrogens is 204 g/mol. The summed E-state index contributed by atoms with van der Waals surface area (Å²) in [6.45, 7) is 1.50. The monoisotopic (exact) mass is 215 g/mol. The van der Waals surface area contributed by atoms with Crippen LogP contribution >= 0.6 is 0 Å². The normalized spacial score (nSPS) is 10.1. The van der Waals surface area contributed by atoms with Gasteiger partial charge in [0.2, 0.25) is 6.33 Å². The summed E-state index contributed by atoms with van der Waals surface area (Å²) in [5, 5.41) is 0. The molecule has 0 amide bonds. The second kappa shape index (κ2) is 4.10. The van der Waals surface area contributed by atoms with Crippen molar-refractivity contribution in [3.63, 3.8) is 0 Å². The smallest absolute Gasteiger partial charge is 0.295 e. The Hall–Kier alpha value is -2.23. The molecule has 0 atom stereocenters. The minimum absolute atomic E-state index is 0.00621. The lowest BCUT2D eigenvalue weighted by molar-refractivity contribution is -0.376. The van der Waals surface area contributed by atoms with Gasteiger partial charge in [0, 0.05) is 5.56 Å². The van der Waals surface area contributed by atoms with E-state index in [1.54, 1.807) is 43.0 Å². The molecule has 0 radical (unpaired) electrons. The lowest BCUT2D eigenvalue weighted by atomic mass is 10.1. The Morgan fingerprint density at radius 2 is 1.75 bits per heavy atom. The lowest BCUT2D eigenvalue weighted by Gasteiger charge is -1.97. The van der Waals surface area contributed by atoms with Gasteiger partial charge in [0.1, 0.15) is 12.4 Å². The first-order valence-corrected chi connectivity index (χ1v) is 4.88. The third-order valence-corrected chi connectivity index (χ3v) is 2.32. The van der Waals surface area contributed by atoms with Crippen LogP contribution in [0.2, 0.25) is 0 Å². The molecular formula is C12H11N2O2+. The quantitative estimate of drug-likeness (QED) is 0.706. The van der Waals surface area contributed by atoms with Gasteiger partial charge in [-0.25, -0.2) is 9.78 Å². The molecule has 80 valence electrons. The van der Waals surface area contributed by atoms with Crippen molar-refractivity contribution in [2.24, 2.45) is 0 Å². The van der Waals surface area contributed by atoms with Gasteiger partial charge in [0.05, 0.1) is 5.56 Å². The number of nitrogens with one attached hydrogen (secondary N) is 1. The fourth-order valence-electron chi connectivity index (χ4n) is 1.41. The van der Waals surface area contributed by atoms with Crippen molar-refractivity contribution in [3.8, 4) is 0 Å². The molecule has 0 aliphatic rings. The van der Waals surface area contributed by atoms with Crippen molar-refractivity contribution >= 4 is 11.7 Å². The third-order valence-electron chi connectivity index (χ3n) is 2.32. The molecule has 0 saturated carbocycles. The molecule has 0 aliphatic heterocycles. The van der Waals surface area contributed by atoms with Crippen LogP contribution in [0.1, 0.15) is 27.6 Å². The van der Waals surface area contributed by atoms with Crippen molar-refractivity contribution < 1.29 is 14.6 Å². The van der Waals surface area contributed by atoms with Crippen molar-refractivity contribution in [1.82, 2.24) is 4.57 Å². The maximum Gasteiger partial charge on any atom is 0.345 e. The zero-order valence-electron chi connectivity index (χ0n) is 8.81. The molecule has 1 aromatic carbocycles. The summed E-state index contributed by atoms with van der Waals surface area (Å²) in [7, 11) is 0. The maximum atomic E-state index is 11.8. The standard InChI is InChI=1S/C12H10N2O2/c1-9(15)10-2-4-11(5-3-10)12(16)14-7-6-13-8-14/h2-8H,1H3/p+1. The number of H-pyrrole nitrogens is 1. The van der Waals surface area contributed by atoms with E-state index in [9.17, 15) is 9.59 Å². The number of carbonyl (C=O) groups excluding carboxylic acids is 2. The molecule has 1 heterocycles. The summed E-state index contributed by atoms with van der Waals surface area (Å²) in [6, 6.07) is 6.61. The van der Waals surface area contributed by atoms with E-state index in [4.69, 9.17) is 0 Å². The fourth-order valence-corrected chi connectivity index (χ4v) is 1.41. The van der Waals surface area contributed by atoms with Crippen molar-refractivity contribution in [3.05, 3.63) is 54.1 Å². The first-order chi connectivity index (χ1) is 7.68. The van der Waals surface area contributed by atoms with Crippen LogP contribution in [0.3, 0.4) is 0 Å². The number of aromatic amines is 1. The predicted octanol–water partition coefficient (Wildman–Crippen LogP) is 1.19. The molecule has 4 heteroatoms. The average molecular weight is 215 g/mol. The van der Waals surface area contributed by atoms with Gasteiger partial charge in [-0.1, -0.05) is 12.1 Å². The van der Waals surface area contributed by atoms with Crippen LogP contribution in [0.4, 0.5) is 0 Å². The predicted molar refractivity (Wildman–Crippen MR) is 57.2 cm³/mol. The minimum Gasteiger partial charge on any atom is -0.295 e. The van der Waals surface area contributed by atoms with Crippen LogP contribution in [0.5, 0.6) is 0 Å². The highest BCUT2D eigenvalue weighted by Gasteiger charge is 2.13. The molecule has 0 bridgehead atoms. The van der Waals surface area contributed by atoms with Gasteiger partial charge in [-0.15, -0.1) is 0 Å². The summed E-state index contributed by atoms with van der Waals surface area (Å²) < 4.78 is 1.45.